The number of benzene rings is 2. The van der Waals surface area contributed by atoms with Gasteiger partial charge in [-0.2, -0.15) is 5.26 Å². The predicted octanol–water partition coefficient (Wildman–Crippen LogP) is 4.24. The van der Waals surface area contributed by atoms with Crippen LogP contribution in [-0.2, 0) is 14.3 Å². The minimum absolute atomic E-state index is 0.0451. The standard InChI is InChI=1S/C22H19BrN2O4/c1-3-28-22(26)19-18(14-5-4-6-15(23)11-14)17(12-24)21(25)29-20(19)13-7-9-16(27-2)10-8-13/h4-11,18H,3,25H2,1-2H3. The van der Waals surface area contributed by atoms with E-state index in [1.54, 1.807) is 38.3 Å². The molecule has 1 unspecified atom stereocenters. The Labute approximate surface area is 177 Å². The van der Waals surface area contributed by atoms with Gasteiger partial charge in [0.25, 0.3) is 0 Å². The van der Waals surface area contributed by atoms with E-state index in [9.17, 15) is 10.1 Å². The smallest absolute Gasteiger partial charge is 0.338 e. The summed E-state index contributed by atoms with van der Waals surface area (Å²) in [7, 11) is 1.57. The molecule has 2 N–H and O–H groups in total. The molecular formula is C22H19BrN2O4. The Morgan fingerprint density at radius 1 is 1.28 bits per heavy atom. The van der Waals surface area contributed by atoms with Gasteiger partial charge in [0.1, 0.15) is 23.2 Å². The summed E-state index contributed by atoms with van der Waals surface area (Å²) < 4.78 is 17.1. The number of hydrogen-bond donors (Lipinski definition) is 1. The van der Waals surface area contributed by atoms with Crippen LogP contribution >= 0.6 is 15.9 Å². The van der Waals surface area contributed by atoms with Crippen LogP contribution in [0.3, 0.4) is 0 Å². The van der Waals surface area contributed by atoms with Crippen LogP contribution in [0.1, 0.15) is 24.0 Å². The summed E-state index contributed by atoms with van der Waals surface area (Å²) in [5.74, 6) is -0.414. The SMILES string of the molecule is CCOC(=O)C1=C(c2ccc(OC)cc2)OC(N)=C(C#N)C1c1cccc(Br)c1. The van der Waals surface area contributed by atoms with Crippen LogP contribution in [0.2, 0.25) is 0 Å². The molecule has 3 rings (SSSR count). The quantitative estimate of drug-likeness (QED) is 0.678. The van der Waals surface area contributed by atoms with Gasteiger partial charge in [0.05, 0.1) is 25.2 Å². The van der Waals surface area contributed by atoms with Gasteiger partial charge in [-0.15, -0.1) is 0 Å². The van der Waals surface area contributed by atoms with E-state index in [1.165, 1.54) is 0 Å². The van der Waals surface area contributed by atoms with Crippen molar-refractivity contribution in [3.8, 4) is 11.8 Å². The normalized spacial score (nSPS) is 16.1. The number of methoxy groups -OCH3 is 1. The molecule has 0 spiro atoms. The van der Waals surface area contributed by atoms with Gasteiger partial charge < -0.3 is 19.9 Å². The van der Waals surface area contributed by atoms with Gasteiger partial charge in [-0.1, -0.05) is 28.1 Å². The van der Waals surface area contributed by atoms with E-state index in [2.05, 4.69) is 22.0 Å². The largest absolute Gasteiger partial charge is 0.497 e. The number of carbonyl (C=O) groups is 1. The molecule has 148 valence electrons. The van der Waals surface area contributed by atoms with Gasteiger partial charge in [-0.25, -0.2) is 4.79 Å². The molecule has 0 aliphatic carbocycles. The zero-order valence-electron chi connectivity index (χ0n) is 15.9. The topological polar surface area (TPSA) is 94.6 Å². The second-order valence-electron chi connectivity index (χ2n) is 6.17. The number of allylic oxidation sites excluding steroid dienone is 1. The summed E-state index contributed by atoms with van der Waals surface area (Å²) in [5, 5.41) is 9.75. The van der Waals surface area contributed by atoms with Crippen LogP contribution in [-0.4, -0.2) is 19.7 Å². The molecule has 1 aliphatic rings. The fourth-order valence-electron chi connectivity index (χ4n) is 3.15. The molecule has 2 aromatic rings. The van der Waals surface area contributed by atoms with E-state index in [4.69, 9.17) is 19.9 Å². The van der Waals surface area contributed by atoms with Crippen LogP contribution in [0.25, 0.3) is 5.76 Å². The highest BCUT2D eigenvalue weighted by atomic mass is 79.9. The number of ether oxygens (including phenoxy) is 3. The molecule has 1 aliphatic heterocycles. The zero-order valence-corrected chi connectivity index (χ0v) is 17.5. The second-order valence-corrected chi connectivity index (χ2v) is 7.09. The van der Waals surface area contributed by atoms with Gasteiger partial charge in [-0.05, 0) is 48.9 Å². The number of rotatable bonds is 5. The molecule has 29 heavy (non-hydrogen) atoms. The van der Waals surface area contributed by atoms with Crippen molar-refractivity contribution in [2.45, 2.75) is 12.8 Å². The minimum Gasteiger partial charge on any atom is -0.497 e. The van der Waals surface area contributed by atoms with Crippen molar-refractivity contribution in [1.29, 1.82) is 5.26 Å². The first-order valence-electron chi connectivity index (χ1n) is 8.88. The van der Waals surface area contributed by atoms with Gasteiger partial charge in [0.2, 0.25) is 5.88 Å². The lowest BCUT2D eigenvalue weighted by Crippen LogP contribution is -2.25. The fraction of sp³-hybridized carbons (Fsp3) is 0.182. The maximum atomic E-state index is 13.0. The molecule has 2 aromatic carbocycles. The average molecular weight is 455 g/mol. The number of nitrogens with two attached hydrogens (primary N) is 1. The highest BCUT2D eigenvalue weighted by Gasteiger charge is 2.38. The van der Waals surface area contributed by atoms with E-state index in [0.717, 1.165) is 10.0 Å². The molecule has 6 nitrogen and oxygen atoms in total. The minimum atomic E-state index is -0.720. The van der Waals surface area contributed by atoms with E-state index >= 15 is 0 Å². The van der Waals surface area contributed by atoms with Gasteiger partial charge in [0.15, 0.2) is 0 Å². The van der Waals surface area contributed by atoms with Crippen molar-refractivity contribution in [3.05, 3.63) is 81.2 Å². The Morgan fingerprint density at radius 3 is 2.59 bits per heavy atom. The number of halogens is 1. The highest BCUT2D eigenvalue weighted by Crippen LogP contribution is 2.43. The molecule has 0 radical (unpaired) electrons. The van der Waals surface area contributed by atoms with Crippen LogP contribution in [0.5, 0.6) is 5.75 Å². The van der Waals surface area contributed by atoms with E-state index < -0.39 is 11.9 Å². The molecule has 1 heterocycles. The van der Waals surface area contributed by atoms with Crippen LogP contribution < -0.4 is 10.5 Å². The highest BCUT2D eigenvalue weighted by molar-refractivity contribution is 9.10. The number of hydrogen-bond acceptors (Lipinski definition) is 6. The summed E-state index contributed by atoms with van der Waals surface area (Å²) in [5.41, 5.74) is 7.80. The molecule has 0 amide bonds. The summed E-state index contributed by atoms with van der Waals surface area (Å²) in [6.45, 7) is 1.91. The van der Waals surface area contributed by atoms with Crippen molar-refractivity contribution in [1.82, 2.24) is 0 Å². The Morgan fingerprint density at radius 2 is 2.00 bits per heavy atom. The molecule has 0 saturated carbocycles. The summed E-state index contributed by atoms with van der Waals surface area (Å²) >= 11 is 3.44. The third kappa shape index (κ3) is 4.13. The number of esters is 1. The third-order valence-corrected chi connectivity index (χ3v) is 4.94. The van der Waals surface area contributed by atoms with Crippen molar-refractivity contribution in [3.63, 3.8) is 0 Å². The maximum absolute atomic E-state index is 13.0. The molecule has 7 heteroatoms. The molecule has 0 aromatic heterocycles. The monoisotopic (exact) mass is 454 g/mol. The van der Waals surface area contributed by atoms with E-state index in [1.807, 2.05) is 24.3 Å². The van der Waals surface area contributed by atoms with Crippen LogP contribution in [0, 0.1) is 11.3 Å². The molecule has 1 atom stereocenters. The summed E-state index contributed by atoms with van der Waals surface area (Å²) in [6, 6.07) is 16.5. The molecular weight excluding hydrogens is 436 g/mol. The van der Waals surface area contributed by atoms with Crippen molar-refractivity contribution >= 4 is 27.7 Å². The van der Waals surface area contributed by atoms with E-state index in [0.29, 0.717) is 11.3 Å². The van der Waals surface area contributed by atoms with E-state index in [-0.39, 0.29) is 29.4 Å². The lowest BCUT2D eigenvalue weighted by molar-refractivity contribution is -0.138. The first-order chi connectivity index (χ1) is 14.0. The van der Waals surface area contributed by atoms with Crippen LogP contribution in [0.4, 0.5) is 0 Å². The molecule has 0 bridgehead atoms. The first kappa shape index (κ1) is 20.5. The van der Waals surface area contributed by atoms with Gasteiger partial charge >= 0.3 is 5.97 Å². The molecule has 0 fully saturated rings. The van der Waals surface area contributed by atoms with Gasteiger partial charge in [0, 0.05) is 10.0 Å². The summed E-state index contributed by atoms with van der Waals surface area (Å²) in [6.07, 6.45) is 0. The first-order valence-corrected chi connectivity index (χ1v) is 9.68. The van der Waals surface area contributed by atoms with Crippen LogP contribution in [0.15, 0.2) is 70.0 Å². The fourth-order valence-corrected chi connectivity index (χ4v) is 3.57. The van der Waals surface area contributed by atoms with Crippen molar-refractivity contribution < 1.29 is 19.0 Å². The Balaban J connectivity index is 2.26. The van der Waals surface area contributed by atoms with Crippen molar-refractivity contribution in [2.75, 3.05) is 13.7 Å². The Hall–Kier alpha value is -3.24. The Bertz CT molecular complexity index is 1040. The maximum Gasteiger partial charge on any atom is 0.338 e. The third-order valence-electron chi connectivity index (χ3n) is 4.45. The molecule has 0 saturated heterocycles. The summed E-state index contributed by atoms with van der Waals surface area (Å²) in [4.78, 5) is 13.0. The zero-order chi connectivity index (χ0) is 21.0. The number of nitrogens with zero attached hydrogens (tertiary/aromatic N) is 1. The second kappa shape index (κ2) is 8.84. The number of nitriles is 1. The number of carbonyl (C=O) groups excluding carboxylic acids is 1. The average Bonchev–Trinajstić information content (AvgIpc) is 2.73. The van der Waals surface area contributed by atoms with Crippen molar-refractivity contribution in [2.24, 2.45) is 5.73 Å². The van der Waals surface area contributed by atoms with Gasteiger partial charge in [-0.3, -0.25) is 0 Å². The lowest BCUT2D eigenvalue weighted by Gasteiger charge is -2.28. The lowest BCUT2D eigenvalue weighted by atomic mass is 9.82. The predicted molar refractivity (Wildman–Crippen MR) is 111 cm³/mol. The Kier molecular flexibility index (Phi) is 6.25.